The summed E-state index contributed by atoms with van der Waals surface area (Å²) in [5, 5.41) is 13.5. The van der Waals surface area contributed by atoms with Gasteiger partial charge in [-0.1, -0.05) is 43.0 Å². The minimum Gasteiger partial charge on any atom is -0.298 e. The molecule has 0 spiro atoms. The number of benzene rings is 1. The minimum absolute atomic E-state index is 0.136. The lowest BCUT2D eigenvalue weighted by Crippen LogP contribution is -2.52. The highest BCUT2D eigenvalue weighted by molar-refractivity contribution is 8.13. The van der Waals surface area contributed by atoms with Gasteiger partial charge in [0, 0.05) is 10.1 Å². The molecule has 0 aliphatic carbocycles. The van der Waals surface area contributed by atoms with E-state index in [1.165, 1.54) is 11.8 Å². The van der Waals surface area contributed by atoms with Crippen LogP contribution in [0.5, 0.6) is 0 Å². The third-order valence-corrected chi connectivity index (χ3v) is 5.38. The summed E-state index contributed by atoms with van der Waals surface area (Å²) in [6, 6.07) is 11.7. The van der Waals surface area contributed by atoms with Gasteiger partial charge >= 0.3 is 0 Å². The Labute approximate surface area is 153 Å². The number of nitrogens with one attached hydrogen (secondary N) is 1. The monoisotopic (exact) mass is 368 g/mol. The zero-order chi connectivity index (χ0) is 17.2. The molecule has 0 saturated heterocycles. The first-order chi connectivity index (χ1) is 12.3. The van der Waals surface area contributed by atoms with Gasteiger partial charge in [-0.25, -0.2) is 5.01 Å². The van der Waals surface area contributed by atoms with Crippen LogP contribution in [0.15, 0.2) is 57.9 Å². The fourth-order valence-electron chi connectivity index (χ4n) is 2.75. The molecule has 0 bridgehead atoms. The number of thiophene rings is 1. The van der Waals surface area contributed by atoms with Crippen molar-refractivity contribution in [2.45, 2.75) is 13.1 Å². The molecule has 2 aliphatic heterocycles. The molecule has 3 heterocycles. The van der Waals surface area contributed by atoms with Gasteiger partial charge in [-0.15, -0.1) is 16.4 Å². The van der Waals surface area contributed by atoms with Crippen LogP contribution in [0.2, 0.25) is 0 Å². The molecule has 1 atom stereocenters. The molecule has 0 fully saturated rings. The van der Waals surface area contributed by atoms with Crippen molar-refractivity contribution in [3.05, 3.63) is 63.3 Å². The lowest BCUT2D eigenvalue weighted by atomic mass is 10.1. The maximum Gasteiger partial charge on any atom is 0.276 e. The zero-order valence-corrected chi connectivity index (χ0v) is 15.2. The largest absolute Gasteiger partial charge is 0.298 e. The number of nitrogens with zero attached hydrogens (tertiary/aromatic N) is 3. The summed E-state index contributed by atoms with van der Waals surface area (Å²) in [7, 11) is 0. The first-order valence-corrected chi connectivity index (χ1v) is 9.83. The van der Waals surface area contributed by atoms with Crippen molar-refractivity contribution < 1.29 is 4.79 Å². The molecule has 1 N–H and O–H groups in total. The van der Waals surface area contributed by atoms with E-state index >= 15 is 0 Å². The van der Waals surface area contributed by atoms with Gasteiger partial charge in [0.15, 0.2) is 11.3 Å². The van der Waals surface area contributed by atoms with Gasteiger partial charge in [0.1, 0.15) is 5.70 Å². The van der Waals surface area contributed by atoms with Crippen molar-refractivity contribution in [3.8, 4) is 0 Å². The maximum absolute atomic E-state index is 12.7. The highest BCUT2D eigenvalue weighted by atomic mass is 32.2. The quantitative estimate of drug-likeness (QED) is 0.901. The Morgan fingerprint density at radius 1 is 1.32 bits per heavy atom. The van der Waals surface area contributed by atoms with Crippen LogP contribution in [-0.4, -0.2) is 28.0 Å². The average Bonchev–Trinajstić information content (AvgIpc) is 3.13. The topological polar surface area (TPSA) is 57.1 Å². The fourth-order valence-corrected chi connectivity index (χ4v) is 3.96. The summed E-state index contributed by atoms with van der Waals surface area (Å²) in [5.74, 6) is 0.703. The van der Waals surface area contributed by atoms with Crippen LogP contribution in [0.25, 0.3) is 11.8 Å². The molecule has 7 heteroatoms. The summed E-state index contributed by atoms with van der Waals surface area (Å²) in [4.78, 5) is 18.6. The number of para-hydroxylation sites is 1. The normalized spacial score (nSPS) is 19.2. The Morgan fingerprint density at radius 3 is 3.00 bits per heavy atom. The number of carbonyl (C=O) groups excluding carboxylic acids is 1. The highest BCUT2D eigenvalue weighted by Crippen LogP contribution is 2.22. The molecule has 1 aromatic carbocycles. The Hall–Kier alpha value is -2.38. The van der Waals surface area contributed by atoms with Crippen LogP contribution in [0.3, 0.4) is 0 Å². The molecular formula is C18H16N4OS2. The van der Waals surface area contributed by atoms with Gasteiger partial charge < -0.3 is 0 Å². The number of amides is 1. The standard InChI is InChI=1S/C18H16N4OS2/c1-2-24-18-20-17(23)16-13-7-3-4-8-14(13)19-15(22(16)21-18)10-9-12-6-5-11-25-12/h3-11,15H,2H2,1H3,(H,20,21,23)/b10-9+/t15-/m0/s1. The maximum atomic E-state index is 12.7. The highest BCUT2D eigenvalue weighted by Gasteiger charge is 2.32. The molecule has 5 nitrogen and oxygen atoms in total. The predicted octanol–water partition coefficient (Wildman–Crippen LogP) is 1.98. The van der Waals surface area contributed by atoms with E-state index in [4.69, 9.17) is 4.99 Å². The van der Waals surface area contributed by atoms with E-state index in [9.17, 15) is 4.79 Å². The van der Waals surface area contributed by atoms with Crippen LogP contribution < -0.4 is 15.9 Å². The smallest absolute Gasteiger partial charge is 0.276 e. The van der Waals surface area contributed by atoms with Crippen LogP contribution in [0.4, 0.5) is 0 Å². The van der Waals surface area contributed by atoms with E-state index in [0.717, 1.165) is 21.2 Å². The van der Waals surface area contributed by atoms with Gasteiger partial charge in [-0.3, -0.25) is 15.1 Å². The third kappa shape index (κ3) is 3.12. The predicted molar refractivity (Wildman–Crippen MR) is 103 cm³/mol. The molecule has 2 aliphatic rings. The van der Waals surface area contributed by atoms with Crippen LogP contribution in [-0.2, 0) is 4.79 Å². The summed E-state index contributed by atoms with van der Waals surface area (Å²) in [6.07, 6.45) is 3.67. The molecule has 25 heavy (non-hydrogen) atoms. The number of hydrogen-bond donors (Lipinski definition) is 1. The molecule has 0 unspecified atom stereocenters. The third-order valence-electron chi connectivity index (χ3n) is 3.80. The second-order valence-corrected chi connectivity index (χ2v) is 7.65. The molecule has 0 saturated carbocycles. The lowest BCUT2D eigenvalue weighted by molar-refractivity contribution is -0.116. The van der Waals surface area contributed by atoms with E-state index < -0.39 is 0 Å². The second-order valence-electron chi connectivity index (χ2n) is 5.42. The molecule has 4 rings (SSSR count). The van der Waals surface area contributed by atoms with E-state index in [1.807, 2.05) is 60.9 Å². The van der Waals surface area contributed by atoms with Crippen LogP contribution in [0.1, 0.15) is 11.8 Å². The van der Waals surface area contributed by atoms with Gasteiger partial charge in [0.05, 0.1) is 5.36 Å². The molecular weight excluding hydrogens is 352 g/mol. The molecule has 0 radical (unpaired) electrons. The van der Waals surface area contributed by atoms with E-state index in [2.05, 4.69) is 10.4 Å². The lowest BCUT2D eigenvalue weighted by Gasteiger charge is -2.32. The Morgan fingerprint density at radius 2 is 2.20 bits per heavy atom. The average molecular weight is 368 g/mol. The van der Waals surface area contributed by atoms with Crippen molar-refractivity contribution in [3.63, 3.8) is 0 Å². The van der Waals surface area contributed by atoms with Gasteiger partial charge in [-0.2, -0.15) is 0 Å². The first kappa shape index (κ1) is 16.1. The van der Waals surface area contributed by atoms with E-state index in [-0.39, 0.29) is 12.1 Å². The Bertz CT molecular complexity index is 979. The summed E-state index contributed by atoms with van der Waals surface area (Å²) < 4.78 is 0. The van der Waals surface area contributed by atoms with E-state index in [1.54, 1.807) is 16.3 Å². The molecule has 126 valence electrons. The Kier molecular flexibility index (Phi) is 4.42. The van der Waals surface area contributed by atoms with Crippen molar-refractivity contribution in [1.82, 2.24) is 10.3 Å². The number of rotatable bonds is 3. The molecule has 1 amide bonds. The van der Waals surface area contributed by atoms with Crippen molar-refractivity contribution in [1.29, 1.82) is 0 Å². The number of amidine groups is 1. The first-order valence-electron chi connectivity index (χ1n) is 7.97. The van der Waals surface area contributed by atoms with Gasteiger partial charge in [0.25, 0.3) is 5.91 Å². The molecule has 2 aromatic rings. The number of hydrazone groups is 1. The zero-order valence-electron chi connectivity index (χ0n) is 13.5. The van der Waals surface area contributed by atoms with Crippen molar-refractivity contribution in [2.24, 2.45) is 10.1 Å². The van der Waals surface area contributed by atoms with Crippen LogP contribution >= 0.6 is 23.1 Å². The molecule has 1 aromatic heterocycles. The minimum atomic E-state index is -0.342. The second kappa shape index (κ2) is 6.85. The fraction of sp³-hybridized carbons (Fsp3) is 0.167. The number of thioether (sulfide) groups is 1. The number of hydrogen-bond acceptors (Lipinski definition) is 6. The van der Waals surface area contributed by atoms with Crippen molar-refractivity contribution in [2.75, 3.05) is 5.75 Å². The number of carbonyl (C=O) groups is 1. The van der Waals surface area contributed by atoms with E-state index in [0.29, 0.717) is 10.9 Å². The van der Waals surface area contributed by atoms with Gasteiger partial charge in [0.2, 0.25) is 0 Å². The SMILES string of the molecule is CCSC1=NN2C(=c3ccccc3=N[C@@H]2/C=C/c2cccs2)C(=O)N1. The number of fused-ring (bicyclic) bond motifs is 2. The van der Waals surface area contributed by atoms with Gasteiger partial charge in [-0.05, 0) is 35.4 Å². The summed E-state index contributed by atoms with van der Waals surface area (Å²) in [5.41, 5.74) is 0.548. The summed E-state index contributed by atoms with van der Waals surface area (Å²) in [6.45, 7) is 2.03. The van der Waals surface area contributed by atoms with Crippen molar-refractivity contribution >= 4 is 45.9 Å². The summed E-state index contributed by atoms with van der Waals surface area (Å²) >= 11 is 3.17. The van der Waals surface area contributed by atoms with Crippen LogP contribution in [0, 0.1) is 0 Å². The Balaban J connectivity index is 1.84.